The van der Waals surface area contributed by atoms with E-state index in [4.69, 9.17) is 23.4 Å². The van der Waals surface area contributed by atoms with E-state index in [1.54, 1.807) is 12.1 Å². The van der Waals surface area contributed by atoms with Crippen molar-refractivity contribution in [3.8, 4) is 0 Å². The Balaban J connectivity index is 3.32. The van der Waals surface area contributed by atoms with E-state index in [0.29, 0.717) is 3.82 Å². The molecule has 0 aliphatic rings. The molecule has 0 aliphatic heterocycles. The lowest BCUT2D eigenvalue weighted by Gasteiger charge is -2.09. The number of rotatable bonds is 2. The first-order chi connectivity index (χ1) is 5.96. The maximum absolute atomic E-state index is 11.5. The van der Waals surface area contributed by atoms with Gasteiger partial charge in [0.2, 0.25) is 0 Å². The molecule has 0 amide bonds. The van der Waals surface area contributed by atoms with Crippen molar-refractivity contribution in [3.63, 3.8) is 0 Å². The molecule has 3 nitrogen and oxygen atoms in total. The molecule has 0 spiro atoms. The van der Waals surface area contributed by atoms with Crippen LogP contribution < -0.4 is 0 Å². The van der Waals surface area contributed by atoms with E-state index >= 15 is 0 Å². The smallest absolute Gasteiger partial charge is 0.206 e. The monoisotopic (exact) mass is 239 g/mol. The van der Waals surface area contributed by atoms with Gasteiger partial charge in [-0.3, -0.25) is 0 Å². The standard InChI is InChI=1S/C7H7Cl2NO2S/c1-10(9)13(11,12)7-5-3-2-4-6(7)8/h2-5H,1H3. The minimum absolute atomic E-state index is 0.00849. The molecule has 0 radical (unpaired) electrons. The fourth-order valence-electron chi connectivity index (χ4n) is 0.789. The van der Waals surface area contributed by atoms with Crippen molar-refractivity contribution >= 4 is 33.4 Å². The highest BCUT2D eigenvalue weighted by atomic mass is 35.5. The molecule has 0 unspecified atom stereocenters. The maximum atomic E-state index is 11.5. The minimum atomic E-state index is -3.64. The molecule has 0 aliphatic carbocycles. The summed E-state index contributed by atoms with van der Waals surface area (Å²) in [4.78, 5) is 0.00849. The Morgan fingerprint density at radius 2 is 1.85 bits per heavy atom. The van der Waals surface area contributed by atoms with Gasteiger partial charge in [0.25, 0.3) is 10.0 Å². The molecule has 0 saturated heterocycles. The number of nitrogens with zero attached hydrogens (tertiary/aromatic N) is 1. The average molecular weight is 240 g/mol. The summed E-state index contributed by atoms with van der Waals surface area (Å²) in [6.45, 7) is 0. The zero-order chi connectivity index (χ0) is 10.1. The molecule has 0 bridgehead atoms. The number of hydrogen-bond acceptors (Lipinski definition) is 2. The zero-order valence-electron chi connectivity index (χ0n) is 6.74. The molecule has 1 aromatic rings. The summed E-state index contributed by atoms with van der Waals surface area (Å²) in [5.41, 5.74) is 0. The van der Waals surface area contributed by atoms with Crippen LogP contribution in [0.3, 0.4) is 0 Å². The summed E-state index contributed by atoms with van der Waals surface area (Å²) >= 11 is 11.1. The van der Waals surface area contributed by atoms with Crippen LogP contribution in [0.2, 0.25) is 5.02 Å². The van der Waals surface area contributed by atoms with E-state index in [2.05, 4.69) is 0 Å². The normalized spacial score (nSPS) is 12.0. The molecule has 72 valence electrons. The summed E-state index contributed by atoms with van der Waals surface area (Å²) in [7, 11) is -2.40. The zero-order valence-corrected chi connectivity index (χ0v) is 9.07. The van der Waals surface area contributed by atoms with Crippen LogP contribution in [0.15, 0.2) is 29.2 Å². The molecule has 0 N–H and O–H groups in total. The third-order valence-corrected chi connectivity index (χ3v) is 4.01. The van der Waals surface area contributed by atoms with E-state index in [-0.39, 0.29) is 9.92 Å². The van der Waals surface area contributed by atoms with Gasteiger partial charge in [0.05, 0.1) is 5.02 Å². The summed E-state index contributed by atoms with van der Waals surface area (Å²) in [5, 5.41) is 0.162. The number of benzene rings is 1. The highest BCUT2D eigenvalue weighted by Gasteiger charge is 2.21. The van der Waals surface area contributed by atoms with Crippen molar-refractivity contribution in [2.45, 2.75) is 4.90 Å². The highest BCUT2D eigenvalue weighted by molar-refractivity contribution is 7.90. The summed E-state index contributed by atoms with van der Waals surface area (Å²) in [6, 6.07) is 6.13. The number of sulfonamides is 1. The molecular formula is C7H7Cl2NO2S. The Bertz CT molecular complexity index is 403. The Morgan fingerprint density at radius 1 is 1.31 bits per heavy atom. The van der Waals surface area contributed by atoms with Crippen molar-refractivity contribution in [2.75, 3.05) is 7.05 Å². The van der Waals surface area contributed by atoms with Gasteiger partial charge in [0.15, 0.2) is 0 Å². The van der Waals surface area contributed by atoms with Crippen LogP contribution >= 0.6 is 23.4 Å². The first-order valence-electron chi connectivity index (χ1n) is 3.35. The molecule has 13 heavy (non-hydrogen) atoms. The van der Waals surface area contributed by atoms with Crippen LogP contribution in [0.5, 0.6) is 0 Å². The topological polar surface area (TPSA) is 37.4 Å². The average Bonchev–Trinajstić information content (AvgIpc) is 2.04. The Morgan fingerprint density at radius 3 is 2.31 bits per heavy atom. The van der Waals surface area contributed by atoms with E-state index in [1.165, 1.54) is 19.2 Å². The van der Waals surface area contributed by atoms with E-state index < -0.39 is 10.0 Å². The van der Waals surface area contributed by atoms with Gasteiger partial charge in [-0.1, -0.05) is 23.7 Å². The molecular weight excluding hydrogens is 233 g/mol. The Hall–Kier alpha value is -0.290. The number of halogens is 2. The van der Waals surface area contributed by atoms with Gasteiger partial charge in [-0.25, -0.2) is 8.42 Å². The summed E-state index contributed by atoms with van der Waals surface area (Å²) in [5.74, 6) is 0. The Labute approximate surface area is 87.0 Å². The fraction of sp³-hybridized carbons (Fsp3) is 0.143. The van der Waals surface area contributed by atoms with Crippen molar-refractivity contribution in [1.82, 2.24) is 3.82 Å². The summed E-state index contributed by atoms with van der Waals surface area (Å²) < 4.78 is 23.5. The van der Waals surface area contributed by atoms with Crippen LogP contribution in [-0.2, 0) is 10.0 Å². The molecule has 0 saturated carbocycles. The van der Waals surface area contributed by atoms with Gasteiger partial charge in [0, 0.05) is 7.05 Å². The van der Waals surface area contributed by atoms with Crippen LogP contribution in [-0.4, -0.2) is 19.3 Å². The van der Waals surface area contributed by atoms with Crippen molar-refractivity contribution < 1.29 is 8.42 Å². The predicted octanol–water partition coefficient (Wildman–Crippen LogP) is 2.11. The first-order valence-corrected chi connectivity index (χ1v) is 5.51. The molecule has 0 fully saturated rings. The van der Waals surface area contributed by atoms with Gasteiger partial charge in [0.1, 0.15) is 4.90 Å². The van der Waals surface area contributed by atoms with E-state index in [0.717, 1.165) is 0 Å². The molecule has 1 aromatic carbocycles. The fourth-order valence-corrected chi connectivity index (χ4v) is 2.28. The second kappa shape index (κ2) is 3.84. The lowest BCUT2D eigenvalue weighted by atomic mass is 10.4. The van der Waals surface area contributed by atoms with Gasteiger partial charge >= 0.3 is 0 Å². The van der Waals surface area contributed by atoms with Gasteiger partial charge in [-0.05, 0) is 23.9 Å². The number of hydrogen-bond donors (Lipinski definition) is 0. The van der Waals surface area contributed by atoms with Crippen LogP contribution in [0.4, 0.5) is 0 Å². The van der Waals surface area contributed by atoms with Crippen molar-refractivity contribution in [2.24, 2.45) is 0 Å². The second-order valence-corrected chi connectivity index (χ2v) is 5.38. The Kier molecular flexibility index (Phi) is 3.18. The molecule has 0 aromatic heterocycles. The highest BCUT2D eigenvalue weighted by Crippen LogP contribution is 2.23. The minimum Gasteiger partial charge on any atom is -0.206 e. The quantitative estimate of drug-likeness (QED) is 0.742. The summed E-state index contributed by atoms with van der Waals surface area (Å²) in [6.07, 6.45) is 0. The third kappa shape index (κ3) is 2.14. The van der Waals surface area contributed by atoms with E-state index in [1.807, 2.05) is 0 Å². The van der Waals surface area contributed by atoms with E-state index in [9.17, 15) is 8.42 Å². The molecule has 6 heteroatoms. The van der Waals surface area contributed by atoms with Gasteiger partial charge in [-0.2, -0.15) is 0 Å². The largest absolute Gasteiger partial charge is 0.257 e. The second-order valence-electron chi connectivity index (χ2n) is 2.33. The maximum Gasteiger partial charge on any atom is 0.257 e. The lowest BCUT2D eigenvalue weighted by molar-refractivity contribution is 0.561. The molecule has 0 atom stereocenters. The van der Waals surface area contributed by atoms with Crippen molar-refractivity contribution in [3.05, 3.63) is 29.3 Å². The first kappa shape index (κ1) is 10.8. The van der Waals surface area contributed by atoms with Crippen LogP contribution in [0.25, 0.3) is 0 Å². The van der Waals surface area contributed by atoms with Gasteiger partial charge in [-0.15, -0.1) is 3.82 Å². The third-order valence-electron chi connectivity index (χ3n) is 1.45. The van der Waals surface area contributed by atoms with Crippen LogP contribution in [0.1, 0.15) is 0 Å². The molecule has 1 rings (SSSR count). The van der Waals surface area contributed by atoms with Crippen molar-refractivity contribution in [1.29, 1.82) is 0 Å². The lowest BCUT2D eigenvalue weighted by Crippen LogP contribution is -2.17. The van der Waals surface area contributed by atoms with Crippen LogP contribution in [0, 0.1) is 0 Å². The molecule has 0 heterocycles. The SMILES string of the molecule is CN(Cl)S(=O)(=O)c1ccccc1Cl. The predicted molar refractivity (Wildman–Crippen MR) is 52.3 cm³/mol. The van der Waals surface area contributed by atoms with Gasteiger partial charge < -0.3 is 0 Å².